The lowest BCUT2D eigenvalue weighted by atomic mass is 10.0. The van der Waals surface area contributed by atoms with Crippen molar-refractivity contribution in [3.8, 4) is 11.3 Å². The third kappa shape index (κ3) is 3.35. The Balaban J connectivity index is 1.47. The number of fused-ring (bicyclic) bond motifs is 1. The van der Waals surface area contributed by atoms with Crippen LogP contribution in [-0.4, -0.2) is 39.1 Å². The molecule has 0 saturated heterocycles. The predicted molar refractivity (Wildman–Crippen MR) is 95.9 cm³/mol. The summed E-state index contributed by atoms with van der Waals surface area (Å²) in [6.45, 7) is 1.31. The minimum Gasteiger partial charge on any atom is -0.342 e. The summed E-state index contributed by atoms with van der Waals surface area (Å²) >= 11 is 0. The van der Waals surface area contributed by atoms with Crippen molar-refractivity contribution in [1.82, 2.24) is 20.1 Å². The fraction of sp³-hybridized carbons (Fsp3) is 0.250. The standard InChI is InChI=1S/C20H19FN4O/c21-16-5-3-14(4-6-16)12-19(26)25-10-7-17-18(8-11-25)23-24-20(17)15-2-1-9-22-13-15/h1-6,9,13H,7-8,10-12H2,(H,23,24). The fourth-order valence-electron chi connectivity index (χ4n) is 3.36. The average Bonchev–Trinajstić information content (AvgIpc) is 2.95. The maximum atomic E-state index is 13.0. The Morgan fingerprint density at radius 3 is 2.73 bits per heavy atom. The van der Waals surface area contributed by atoms with Crippen molar-refractivity contribution >= 4 is 5.91 Å². The Morgan fingerprint density at radius 1 is 1.15 bits per heavy atom. The first-order chi connectivity index (χ1) is 12.7. The first kappa shape index (κ1) is 16.4. The van der Waals surface area contributed by atoms with E-state index in [1.54, 1.807) is 24.5 Å². The van der Waals surface area contributed by atoms with Crippen LogP contribution < -0.4 is 0 Å². The van der Waals surface area contributed by atoms with E-state index in [0.29, 0.717) is 19.5 Å². The van der Waals surface area contributed by atoms with Gasteiger partial charge in [0.15, 0.2) is 0 Å². The van der Waals surface area contributed by atoms with Gasteiger partial charge < -0.3 is 4.90 Å². The number of nitrogens with one attached hydrogen (secondary N) is 1. The van der Waals surface area contributed by atoms with Crippen LogP contribution in [0.5, 0.6) is 0 Å². The summed E-state index contributed by atoms with van der Waals surface area (Å²) in [5, 5.41) is 7.57. The molecule has 0 radical (unpaired) electrons. The Kier molecular flexibility index (Phi) is 4.48. The van der Waals surface area contributed by atoms with Gasteiger partial charge in [-0.3, -0.25) is 14.9 Å². The van der Waals surface area contributed by atoms with Crippen molar-refractivity contribution in [2.45, 2.75) is 19.3 Å². The quantitative estimate of drug-likeness (QED) is 0.790. The molecule has 1 aliphatic rings. The van der Waals surface area contributed by atoms with Gasteiger partial charge in [-0.1, -0.05) is 12.1 Å². The third-order valence-corrected chi connectivity index (χ3v) is 4.77. The smallest absolute Gasteiger partial charge is 0.227 e. The van der Waals surface area contributed by atoms with E-state index < -0.39 is 0 Å². The molecule has 26 heavy (non-hydrogen) atoms. The number of rotatable bonds is 3. The highest BCUT2D eigenvalue weighted by Gasteiger charge is 2.23. The normalized spacial score (nSPS) is 14.0. The highest BCUT2D eigenvalue weighted by molar-refractivity contribution is 5.79. The van der Waals surface area contributed by atoms with Gasteiger partial charge in [0.05, 0.1) is 12.1 Å². The lowest BCUT2D eigenvalue weighted by Crippen LogP contribution is -2.34. The number of hydrogen-bond donors (Lipinski definition) is 1. The summed E-state index contributed by atoms with van der Waals surface area (Å²) < 4.78 is 13.0. The number of carbonyl (C=O) groups excluding carboxylic acids is 1. The Bertz CT molecular complexity index is 905. The second-order valence-electron chi connectivity index (χ2n) is 6.46. The molecule has 0 bridgehead atoms. The summed E-state index contributed by atoms with van der Waals surface area (Å²) in [4.78, 5) is 18.7. The predicted octanol–water partition coefficient (Wildman–Crippen LogP) is 2.78. The molecule has 0 fully saturated rings. The molecule has 1 N–H and O–H groups in total. The summed E-state index contributed by atoms with van der Waals surface area (Å²) in [6.07, 6.45) is 5.34. The van der Waals surface area contributed by atoms with Crippen LogP contribution in [0.25, 0.3) is 11.3 Å². The van der Waals surface area contributed by atoms with E-state index >= 15 is 0 Å². The van der Waals surface area contributed by atoms with E-state index in [1.807, 2.05) is 17.0 Å². The molecule has 1 aromatic carbocycles. The Morgan fingerprint density at radius 2 is 1.96 bits per heavy atom. The van der Waals surface area contributed by atoms with Crippen molar-refractivity contribution in [3.05, 3.63) is 71.4 Å². The van der Waals surface area contributed by atoms with Crippen molar-refractivity contribution in [1.29, 1.82) is 0 Å². The van der Waals surface area contributed by atoms with E-state index in [0.717, 1.165) is 40.9 Å². The number of benzene rings is 1. The number of carbonyl (C=O) groups is 1. The Labute approximate surface area is 150 Å². The third-order valence-electron chi connectivity index (χ3n) is 4.77. The van der Waals surface area contributed by atoms with Crippen molar-refractivity contribution in [2.75, 3.05) is 13.1 Å². The highest BCUT2D eigenvalue weighted by Crippen LogP contribution is 2.26. The number of H-pyrrole nitrogens is 1. The molecule has 5 nitrogen and oxygen atoms in total. The number of nitrogens with zero attached hydrogens (tertiary/aromatic N) is 3. The Hall–Kier alpha value is -3.02. The summed E-state index contributed by atoms with van der Waals surface area (Å²) in [6, 6.07) is 10.00. The topological polar surface area (TPSA) is 61.9 Å². The van der Waals surface area contributed by atoms with Gasteiger partial charge in [-0.05, 0) is 36.2 Å². The zero-order valence-electron chi connectivity index (χ0n) is 14.3. The highest BCUT2D eigenvalue weighted by atomic mass is 19.1. The van der Waals surface area contributed by atoms with E-state index in [1.165, 1.54) is 12.1 Å². The van der Waals surface area contributed by atoms with Crippen LogP contribution in [0.15, 0.2) is 48.8 Å². The molecule has 2 aromatic heterocycles. The average molecular weight is 350 g/mol. The second kappa shape index (κ2) is 7.07. The van der Waals surface area contributed by atoms with Gasteiger partial charge in [-0.15, -0.1) is 0 Å². The van der Waals surface area contributed by atoms with Crippen molar-refractivity contribution < 1.29 is 9.18 Å². The van der Waals surface area contributed by atoms with Gasteiger partial charge in [-0.2, -0.15) is 5.10 Å². The largest absolute Gasteiger partial charge is 0.342 e. The number of aromatic nitrogens is 3. The van der Waals surface area contributed by atoms with Crippen LogP contribution in [0.1, 0.15) is 16.8 Å². The maximum Gasteiger partial charge on any atom is 0.227 e. The molecule has 0 saturated carbocycles. The first-order valence-corrected chi connectivity index (χ1v) is 8.69. The minimum absolute atomic E-state index is 0.0673. The molecule has 1 aliphatic heterocycles. The molecular formula is C20H19FN4O. The van der Waals surface area contributed by atoms with Crippen LogP contribution in [0.3, 0.4) is 0 Å². The molecule has 132 valence electrons. The molecule has 0 spiro atoms. The summed E-state index contributed by atoms with van der Waals surface area (Å²) in [5.41, 5.74) is 4.98. The first-order valence-electron chi connectivity index (χ1n) is 8.69. The summed E-state index contributed by atoms with van der Waals surface area (Å²) in [7, 11) is 0. The van der Waals surface area contributed by atoms with E-state index in [-0.39, 0.29) is 11.7 Å². The van der Waals surface area contributed by atoms with Crippen molar-refractivity contribution in [3.63, 3.8) is 0 Å². The van der Waals surface area contributed by atoms with Crippen LogP contribution >= 0.6 is 0 Å². The molecule has 0 aliphatic carbocycles. The second-order valence-corrected chi connectivity index (χ2v) is 6.46. The lowest BCUT2D eigenvalue weighted by Gasteiger charge is -2.20. The van der Waals surface area contributed by atoms with Gasteiger partial charge in [0.1, 0.15) is 5.82 Å². The number of amides is 1. The van der Waals surface area contributed by atoms with Gasteiger partial charge in [0, 0.05) is 48.7 Å². The SMILES string of the molecule is O=C(Cc1ccc(F)cc1)N1CCc2[nH]nc(-c3cccnc3)c2CC1. The van der Waals surface area contributed by atoms with Crippen LogP contribution in [-0.2, 0) is 24.1 Å². The van der Waals surface area contributed by atoms with Gasteiger partial charge in [0.25, 0.3) is 0 Å². The van der Waals surface area contributed by atoms with Crippen molar-refractivity contribution in [2.24, 2.45) is 0 Å². The van der Waals surface area contributed by atoms with Gasteiger partial charge in [-0.25, -0.2) is 4.39 Å². The molecule has 3 aromatic rings. The van der Waals surface area contributed by atoms with Crippen LogP contribution in [0.4, 0.5) is 4.39 Å². The molecule has 3 heterocycles. The summed E-state index contributed by atoms with van der Waals surface area (Å²) in [5.74, 6) is -0.220. The zero-order chi connectivity index (χ0) is 17.9. The van der Waals surface area contributed by atoms with E-state index in [2.05, 4.69) is 15.2 Å². The number of pyridine rings is 1. The van der Waals surface area contributed by atoms with Gasteiger partial charge >= 0.3 is 0 Å². The monoisotopic (exact) mass is 350 g/mol. The molecule has 4 rings (SSSR count). The molecule has 6 heteroatoms. The van der Waals surface area contributed by atoms with Gasteiger partial charge in [0.2, 0.25) is 5.91 Å². The minimum atomic E-state index is -0.287. The molecule has 0 unspecified atom stereocenters. The van der Waals surface area contributed by atoms with E-state index in [9.17, 15) is 9.18 Å². The fourth-order valence-corrected chi connectivity index (χ4v) is 3.36. The molecule has 0 atom stereocenters. The lowest BCUT2D eigenvalue weighted by molar-refractivity contribution is -0.130. The number of aromatic amines is 1. The zero-order valence-corrected chi connectivity index (χ0v) is 14.3. The maximum absolute atomic E-state index is 13.0. The van der Waals surface area contributed by atoms with Crippen LogP contribution in [0, 0.1) is 5.82 Å². The van der Waals surface area contributed by atoms with E-state index in [4.69, 9.17) is 0 Å². The molecular weight excluding hydrogens is 331 g/mol. The van der Waals surface area contributed by atoms with Crippen LogP contribution in [0.2, 0.25) is 0 Å². The molecule has 1 amide bonds. The number of halogens is 1. The number of hydrogen-bond acceptors (Lipinski definition) is 3.